The number of nitrogens with zero attached hydrogens (tertiary/aromatic N) is 3. The van der Waals surface area contributed by atoms with Crippen LogP contribution in [0.1, 0.15) is 32.6 Å². The van der Waals surface area contributed by atoms with E-state index >= 15 is 0 Å². The molecule has 0 saturated heterocycles. The number of carbonyl (C=O) groups excluding carboxylic acids is 1. The van der Waals surface area contributed by atoms with E-state index in [4.69, 9.17) is 0 Å². The van der Waals surface area contributed by atoms with Crippen LogP contribution >= 0.6 is 11.8 Å². The van der Waals surface area contributed by atoms with Crippen LogP contribution in [-0.2, 0) is 11.8 Å². The summed E-state index contributed by atoms with van der Waals surface area (Å²) in [6, 6.07) is 7.30. The van der Waals surface area contributed by atoms with E-state index in [2.05, 4.69) is 11.1 Å². The van der Waals surface area contributed by atoms with Crippen molar-refractivity contribution in [1.82, 2.24) is 14.5 Å². The Labute approximate surface area is 151 Å². The third-order valence-electron chi connectivity index (χ3n) is 4.50. The van der Waals surface area contributed by atoms with Gasteiger partial charge < -0.3 is 4.90 Å². The number of para-hydroxylation sites is 1. The van der Waals surface area contributed by atoms with Crippen molar-refractivity contribution in [2.75, 3.05) is 12.3 Å². The molecule has 1 aromatic heterocycles. The summed E-state index contributed by atoms with van der Waals surface area (Å²) in [6.07, 6.45) is 6.54. The SMILES string of the molecule is CCN(C(=O)CSc1nc2ccccc2c(=O)n1C)C1=CCCCC1. The van der Waals surface area contributed by atoms with Gasteiger partial charge in [0, 0.05) is 19.3 Å². The quantitative estimate of drug-likeness (QED) is 0.608. The number of aromatic nitrogens is 2. The van der Waals surface area contributed by atoms with Crippen LogP contribution in [0.2, 0.25) is 0 Å². The molecule has 25 heavy (non-hydrogen) atoms. The summed E-state index contributed by atoms with van der Waals surface area (Å²) in [6.45, 7) is 2.68. The molecule has 1 aliphatic carbocycles. The van der Waals surface area contributed by atoms with Crippen molar-refractivity contribution in [3.63, 3.8) is 0 Å². The number of hydrogen-bond acceptors (Lipinski definition) is 4. The first-order valence-electron chi connectivity index (χ1n) is 8.69. The molecular weight excluding hydrogens is 334 g/mol. The molecule has 0 aliphatic heterocycles. The van der Waals surface area contributed by atoms with E-state index in [0.29, 0.717) is 22.6 Å². The van der Waals surface area contributed by atoms with E-state index in [-0.39, 0.29) is 17.2 Å². The van der Waals surface area contributed by atoms with E-state index in [0.717, 1.165) is 25.0 Å². The van der Waals surface area contributed by atoms with Gasteiger partial charge in [-0.2, -0.15) is 0 Å². The Morgan fingerprint density at radius 3 is 2.84 bits per heavy atom. The summed E-state index contributed by atoms with van der Waals surface area (Å²) < 4.78 is 1.52. The molecule has 0 spiro atoms. The highest BCUT2D eigenvalue weighted by atomic mass is 32.2. The summed E-state index contributed by atoms with van der Waals surface area (Å²) in [5.74, 6) is 0.354. The van der Waals surface area contributed by atoms with Crippen LogP contribution in [-0.4, -0.2) is 32.7 Å². The summed E-state index contributed by atoms with van der Waals surface area (Å²) in [5, 5.41) is 1.17. The molecule has 1 heterocycles. The second-order valence-electron chi connectivity index (χ2n) is 6.14. The van der Waals surface area contributed by atoms with Gasteiger partial charge in [-0.15, -0.1) is 0 Å². The van der Waals surface area contributed by atoms with Crippen LogP contribution in [0.15, 0.2) is 46.0 Å². The van der Waals surface area contributed by atoms with Crippen LogP contribution in [0, 0.1) is 0 Å². The maximum Gasteiger partial charge on any atom is 0.261 e. The predicted molar refractivity (Wildman–Crippen MR) is 102 cm³/mol. The molecule has 132 valence electrons. The fraction of sp³-hybridized carbons (Fsp3) is 0.421. The lowest BCUT2D eigenvalue weighted by Crippen LogP contribution is -2.32. The fourth-order valence-corrected chi connectivity index (χ4v) is 3.98. The zero-order valence-corrected chi connectivity index (χ0v) is 15.5. The van der Waals surface area contributed by atoms with Gasteiger partial charge in [0.2, 0.25) is 5.91 Å². The van der Waals surface area contributed by atoms with Gasteiger partial charge in [0.15, 0.2) is 5.16 Å². The molecule has 0 atom stereocenters. The number of benzene rings is 1. The van der Waals surface area contributed by atoms with E-state index in [1.165, 1.54) is 22.7 Å². The first-order valence-corrected chi connectivity index (χ1v) is 9.68. The van der Waals surface area contributed by atoms with Gasteiger partial charge in [0.05, 0.1) is 16.7 Å². The van der Waals surface area contributed by atoms with Crippen molar-refractivity contribution >= 4 is 28.6 Å². The molecule has 5 nitrogen and oxygen atoms in total. The molecule has 0 bridgehead atoms. The Morgan fingerprint density at radius 2 is 2.12 bits per heavy atom. The number of thioether (sulfide) groups is 1. The highest BCUT2D eigenvalue weighted by Crippen LogP contribution is 2.23. The number of hydrogen-bond donors (Lipinski definition) is 0. The van der Waals surface area contributed by atoms with Crippen molar-refractivity contribution in [2.24, 2.45) is 7.05 Å². The van der Waals surface area contributed by atoms with Crippen molar-refractivity contribution in [3.05, 3.63) is 46.4 Å². The molecule has 3 rings (SSSR count). The van der Waals surface area contributed by atoms with E-state index in [9.17, 15) is 9.59 Å². The van der Waals surface area contributed by atoms with Crippen molar-refractivity contribution in [3.8, 4) is 0 Å². The molecule has 2 aromatic rings. The standard InChI is InChI=1S/C19H23N3O2S/c1-3-22(14-9-5-4-6-10-14)17(23)13-25-19-20-16-12-8-7-11-15(16)18(24)21(19)2/h7-9,11-12H,3-6,10,13H2,1-2H3. The lowest BCUT2D eigenvalue weighted by molar-refractivity contribution is -0.126. The maximum absolute atomic E-state index is 12.7. The van der Waals surface area contributed by atoms with Gasteiger partial charge in [-0.05, 0) is 44.7 Å². The molecule has 1 aliphatic rings. The number of carbonyl (C=O) groups is 1. The molecular formula is C19H23N3O2S. The first kappa shape index (κ1) is 17.7. The van der Waals surface area contributed by atoms with Crippen molar-refractivity contribution in [1.29, 1.82) is 0 Å². The Kier molecular flexibility index (Phi) is 5.58. The van der Waals surface area contributed by atoms with E-state index in [1.54, 1.807) is 13.1 Å². The second-order valence-corrected chi connectivity index (χ2v) is 7.09. The third-order valence-corrected chi connectivity index (χ3v) is 5.51. The highest BCUT2D eigenvalue weighted by Gasteiger charge is 2.19. The minimum Gasteiger partial charge on any atom is -0.316 e. The number of amides is 1. The third kappa shape index (κ3) is 3.79. The average molecular weight is 357 g/mol. The topological polar surface area (TPSA) is 55.2 Å². The zero-order chi connectivity index (χ0) is 17.8. The van der Waals surface area contributed by atoms with Crippen LogP contribution in [0.4, 0.5) is 0 Å². The molecule has 6 heteroatoms. The van der Waals surface area contributed by atoms with Gasteiger partial charge >= 0.3 is 0 Å². The minimum atomic E-state index is -0.0807. The van der Waals surface area contributed by atoms with Crippen LogP contribution < -0.4 is 5.56 Å². The fourth-order valence-electron chi connectivity index (χ4n) is 3.14. The van der Waals surface area contributed by atoms with Gasteiger partial charge in [0.25, 0.3) is 5.56 Å². The summed E-state index contributed by atoms with van der Waals surface area (Å²) >= 11 is 1.33. The largest absolute Gasteiger partial charge is 0.316 e. The van der Waals surface area contributed by atoms with Crippen LogP contribution in [0.5, 0.6) is 0 Å². The first-order chi connectivity index (χ1) is 12.1. The molecule has 0 unspecified atom stereocenters. The zero-order valence-electron chi connectivity index (χ0n) is 14.7. The molecule has 1 amide bonds. The lowest BCUT2D eigenvalue weighted by Gasteiger charge is -2.26. The number of allylic oxidation sites excluding steroid dienone is 2. The maximum atomic E-state index is 12.7. The normalized spacial score (nSPS) is 14.4. The van der Waals surface area contributed by atoms with Gasteiger partial charge in [0.1, 0.15) is 0 Å². The number of rotatable bonds is 5. The van der Waals surface area contributed by atoms with Crippen molar-refractivity contribution < 1.29 is 4.79 Å². The monoisotopic (exact) mass is 357 g/mol. The second kappa shape index (κ2) is 7.87. The summed E-state index contributed by atoms with van der Waals surface area (Å²) in [5.41, 5.74) is 1.73. The number of fused-ring (bicyclic) bond motifs is 1. The van der Waals surface area contributed by atoms with Crippen LogP contribution in [0.25, 0.3) is 10.9 Å². The Bertz CT molecular complexity index is 873. The minimum absolute atomic E-state index is 0.0723. The van der Waals surface area contributed by atoms with Crippen molar-refractivity contribution in [2.45, 2.75) is 37.8 Å². The summed E-state index contributed by atoms with van der Waals surface area (Å²) in [7, 11) is 1.70. The molecule has 1 aromatic carbocycles. The lowest BCUT2D eigenvalue weighted by atomic mass is 10.0. The van der Waals surface area contributed by atoms with E-state index in [1.807, 2.05) is 30.0 Å². The molecule has 0 radical (unpaired) electrons. The predicted octanol–water partition coefficient (Wildman–Crippen LogP) is 3.33. The smallest absolute Gasteiger partial charge is 0.261 e. The molecule has 0 N–H and O–H groups in total. The van der Waals surface area contributed by atoms with Gasteiger partial charge in [-0.1, -0.05) is 30.0 Å². The van der Waals surface area contributed by atoms with Gasteiger partial charge in [-0.3, -0.25) is 14.2 Å². The Morgan fingerprint density at radius 1 is 1.32 bits per heavy atom. The Balaban J connectivity index is 1.77. The van der Waals surface area contributed by atoms with Crippen LogP contribution in [0.3, 0.4) is 0 Å². The van der Waals surface area contributed by atoms with Gasteiger partial charge in [-0.25, -0.2) is 4.98 Å². The molecule has 0 fully saturated rings. The summed E-state index contributed by atoms with van der Waals surface area (Å²) in [4.78, 5) is 31.5. The molecule has 0 saturated carbocycles. The van der Waals surface area contributed by atoms with E-state index < -0.39 is 0 Å². The highest BCUT2D eigenvalue weighted by molar-refractivity contribution is 7.99. The average Bonchev–Trinajstić information content (AvgIpc) is 2.65. The Hall–Kier alpha value is -2.08.